The van der Waals surface area contributed by atoms with E-state index in [4.69, 9.17) is 29.3 Å². The Morgan fingerprint density at radius 2 is 0.937 bits per heavy atom. The predicted molar refractivity (Wildman–Crippen MR) is 253 cm³/mol. The fraction of sp³-hybridized carbons (Fsp3) is 0. The number of benzene rings is 8. The molecule has 0 unspecified atom stereocenters. The van der Waals surface area contributed by atoms with Crippen molar-refractivity contribution in [3.63, 3.8) is 0 Å². The fourth-order valence-corrected chi connectivity index (χ4v) is 9.16. The summed E-state index contributed by atoms with van der Waals surface area (Å²) in [6.45, 7) is 0. The summed E-state index contributed by atoms with van der Waals surface area (Å²) in [5.74, 6) is 2.35. The summed E-state index contributed by atoms with van der Waals surface area (Å²) in [5, 5.41) is 5.23. The largest absolute Gasteiger partial charge is 0.455 e. The average molecular weight is 808 g/mol. The Hall–Kier alpha value is -8.75. The summed E-state index contributed by atoms with van der Waals surface area (Å²) in [7, 11) is 0. The summed E-state index contributed by atoms with van der Waals surface area (Å²) >= 11 is 0. The Kier molecular flexibility index (Phi) is 7.74. The van der Waals surface area contributed by atoms with Gasteiger partial charge in [0.25, 0.3) is 0 Å². The van der Waals surface area contributed by atoms with Gasteiger partial charge < -0.3 is 8.98 Å². The summed E-state index contributed by atoms with van der Waals surface area (Å²) in [4.78, 5) is 26.3. The summed E-state index contributed by atoms with van der Waals surface area (Å²) in [6, 6.07) is 68.4. The molecule has 0 aliphatic heterocycles. The first-order valence-electron chi connectivity index (χ1n) is 20.9. The van der Waals surface area contributed by atoms with E-state index in [9.17, 15) is 0 Å². The molecule has 5 heterocycles. The van der Waals surface area contributed by atoms with Crippen molar-refractivity contribution in [2.75, 3.05) is 0 Å². The maximum Gasteiger partial charge on any atom is 0.238 e. The van der Waals surface area contributed by atoms with Crippen molar-refractivity contribution in [3.8, 4) is 57.1 Å². The molecule has 0 bridgehead atoms. The number of fused-ring (bicyclic) bond motifs is 9. The van der Waals surface area contributed by atoms with E-state index in [0.717, 1.165) is 99.3 Å². The van der Waals surface area contributed by atoms with Crippen molar-refractivity contribution in [2.24, 2.45) is 0 Å². The minimum atomic E-state index is 0.536. The van der Waals surface area contributed by atoms with Crippen molar-refractivity contribution in [1.82, 2.24) is 34.1 Å². The van der Waals surface area contributed by atoms with Gasteiger partial charge in [-0.05, 0) is 54.6 Å². The van der Waals surface area contributed by atoms with E-state index in [0.29, 0.717) is 23.4 Å². The molecule has 0 spiro atoms. The van der Waals surface area contributed by atoms with Crippen LogP contribution in [0.4, 0.5) is 0 Å². The zero-order chi connectivity index (χ0) is 41.4. The second kappa shape index (κ2) is 13.9. The Bertz CT molecular complexity index is 3850. The van der Waals surface area contributed by atoms with Crippen LogP contribution in [0.25, 0.3) is 123 Å². The van der Waals surface area contributed by atoms with Crippen molar-refractivity contribution in [2.45, 2.75) is 0 Å². The number of rotatable bonds is 6. The monoisotopic (exact) mass is 807 g/mol. The van der Waals surface area contributed by atoms with Crippen molar-refractivity contribution in [3.05, 3.63) is 200 Å². The molecule has 8 aromatic carbocycles. The van der Waals surface area contributed by atoms with E-state index in [-0.39, 0.29) is 0 Å². The van der Waals surface area contributed by atoms with Crippen molar-refractivity contribution >= 4 is 65.7 Å². The lowest BCUT2D eigenvalue weighted by atomic mass is 10.0. The van der Waals surface area contributed by atoms with Crippen molar-refractivity contribution in [1.29, 1.82) is 0 Å². The predicted octanol–water partition coefficient (Wildman–Crippen LogP) is 13.4. The first-order valence-corrected chi connectivity index (χ1v) is 20.9. The number of hydrogen-bond acceptors (Lipinski definition) is 6. The number of furan rings is 1. The van der Waals surface area contributed by atoms with Gasteiger partial charge in [0, 0.05) is 54.9 Å². The van der Waals surface area contributed by atoms with Gasteiger partial charge in [0.1, 0.15) is 22.4 Å². The Labute approximate surface area is 360 Å². The van der Waals surface area contributed by atoms with E-state index in [1.807, 2.05) is 78.9 Å². The summed E-state index contributed by atoms with van der Waals surface area (Å²) < 4.78 is 11.1. The SMILES string of the molecule is c1ccc(-c2nc(-c3ccccc3)nc(-n3c4ccccc4c4cc(-c5nc(-c6cccc7c6oc6ccccc67)c6c(n5)c5ccccc5n6-c5ccccc5)ccc43)n2)cc1. The first kappa shape index (κ1) is 35.0. The van der Waals surface area contributed by atoms with Gasteiger partial charge in [0.2, 0.25) is 5.95 Å². The highest BCUT2D eigenvalue weighted by atomic mass is 16.3. The van der Waals surface area contributed by atoms with Gasteiger partial charge in [0.15, 0.2) is 17.5 Å². The molecule has 0 fully saturated rings. The van der Waals surface area contributed by atoms with Crippen LogP contribution in [0, 0.1) is 0 Å². The third-order valence-corrected chi connectivity index (χ3v) is 12.0. The molecule has 8 heteroatoms. The lowest BCUT2D eigenvalue weighted by molar-refractivity contribution is 0.670. The van der Waals surface area contributed by atoms with Gasteiger partial charge in [-0.25, -0.2) is 15.0 Å². The van der Waals surface area contributed by atoms with E-state index >= 15 is 0 Å². The minimum absolute atomic E-state index is 0.536. The van der Waals surface area contributed by atoms with Gasteiger partial charge in [-0.3, -0.25) is 4.57 Å². The van der Waals surface area contributed by atoms with Gasteiger partial charge >= 0.3 is 0 Å². The third kappa shape index (κ3) is 5.52. The molecular formula is C55H33N7O. The third-order valence-electron chi connectivity index (χ3n) is 12.0. The highest BCUT2D eigenvalue weighted by Crippen LogP contribution is 2.43. The van der Waals surface area contributed by atoms with Crippen LogP contribution in [-0.4, -0.2) is 34.1 Å². The first-order chi connectivity index (χ1) is 31.2. The highest BCUT2D eigenvalue weighted by molar-refractivity contribution is 6.16. The van der Waals surface area contributed by atoms with E-state index < -0.39 is 0 Å². The smallest absolute Gasteiger partial charge is 0.238 e. The molecule has 0 N–H and O–H groups in total. The van der Waals surface area contributed by atoms with Crippen LogP contribution >= 0.6 is 0 Å². The quantitative estimate of drug-likeness (QED) is 0.166. The molecule has 13 rings (SSSR count). The van der Waals surface area contributed by atoms with Gasteiger partial charge in [-0.2, -0.15) is 9.97 Å². The standard InChI is InChI=1S/C55H33N7O/c1-4-17-34(18-5-1)52-58-53(35-19-6-2-7-20-35)60-55(59-52)62-44-28-13-10-23-38(44)43-33-36(31-32-46(43)62)54-56-48-41-25-11-14-29-45(41)61(37-21-8-3-9-22-37)50(48)49(57-54)42-27-16-26-40-39-24-12-15-30-47(39)63-51(40)42/h1-33H. The number of nitrogens with zero attached hydrogens (tertiary/aromatic N) is 7. The van der Waals surface area contributed by atoms with Gasteiger partial charge in [-0.1, -0.05) is 146 Å². The van der Waals surface area contributed by atoms with E-state index in [2.05, 4.69) is 130 Å². The summed E-state index contributed by atoms with van der Waals surface area (Å²) in [5.41, 5.74) is 11.8. The van der Waals surface area contributed by atoms with Crippen molar-refractivity contribution < 1.29 is 4.42 Å². The molecule has 0 atom stereocenters. The van der Waals surface area contributed by atoms with Crippen LogP contribution in [0.5, 0.6) is 0 Å². The van der Waals surface area contributed by atoms with E-state index in [1.54, 1.807) is 0 Å². The maximum atomic E-state index is 6.69. The molecule has 0 saturated heterocycles. The van der Waals surface area contributed by atoms with Gasteiger partial charge in [0.05, 0.1) is 22.1 Å². The van der Waals surface area contributed by atoms with Crippen LogP contribution < -0.4 is 0 Å². The molecule has 0 saturated carbocycles. The Morgan fingerprint density at radius 1 is 0.365 bits per heavy atom. The molecule has 5 aromatic heterocycles. The van der Waals surface area contributed by atoms with E-state index in [1.165, 1.54) is 0 Å². The fourth-order valence-electron chi connectivity index (χ4n) is 9.16. The molecule has 0 radical (unpaired) electrons. The molecule has 0 aliphatic carbocycles. The molecular weight excluding hydrogens is 775 g/mol. The maximum absolute atomic E-state index is 6.69. The molecule has 8 nitrogen and oxygen atoms in total. The van der Waals surface area contributed by atoms with Crippen LogP contribution in [-0.2, 0) is 0 Å². The van der Waals surface area contributed by atoms with Crippen LogP contribution in [0.2, 0.25) is 0 Å². The van der Waals surface area contributed by atoms with Crippen LogP contribution in [0.1, 0.15) is 0 Å². The second-order valence-corrected chi connectivity index (χ2v) is 15.7. The molecule has 13 aromatic rings. The summed E-state index contributed by atoms with van der Waals surface area (Å²) in [6.07, 6.45) is 0. The molecule has 0 aliphatic rings. The van der Waals surface area contributed by atoms with Gasteiger partial charge in [-0.15, -0.1) is 0 Å². The Balaban J connectivity index is 1.08. The number of hydrogen-bond donors (Lipinski definition) is 0. The second-order valence-electron chi connectivity index (χ2n) is 15.7. The Morgan fingerprint density at radius 3 is 1.67 bits per heavy atom. The molecule has 294 valence electrons. The molecule has 63 heavy (non-hydrogen) atoms. The molecule has 0 amide bonds. The van der Waals surface area contributed by atoms with Crippen LogP contribution in [0.3, 0.4) is 0 Å². The number of aromatic nitrogens is 7. The average Bonchev–Trinajstić information content (AvgIpc) is 4.02. The number of para-hydroxylation sites is 5. The lowest BCUT2D eigenvalue weighted by Crippen LogP contribution is -2.06. The topological polar surface area (TPSA) is 87.5 Å². The highest BCUT2D eigenvalue weighted by Gasteiger charge is 2.25. The normalized spacial score (nSPS) is 11.8. The zero-order valence-corrected chi connectivity index (χ0v) is 33.6. The zero-order valence-electron chi connectivity index (χ0n) is 33.6. The van der Waals surface area contributed by atoms with Crippen LogP contribution in [0.15, 0.2) is 205 Å². The lowest BCUT2D eigenvalue weighted by Gasteiger charge is -2.13. The minimum Gasteiger partial charge on any atom is -0.455 e.